The van der Waals surface area contributed by atoms with E-state index in [2.05, 4.69) is 32.0 Å². The number of hydrogen-bond donors (Lipinski definition) is 1. The molecular weight excluding hydrogens is 134 g/mol. The van der Waals surface area contributed by atoms with Crippen molar-refractivity contribution in [1.29, 1.82) is 0 Å². The fourth-order valence-electron chi connectivity index (χ4n) is 1.08. The summed E-state index contributed by atoms with van der Waals surface area (Å²) < 4.78 is 0. The van der Waals surface area contributed by atoms with Crippen LogP contribution in [-0.2, 0) is 0 Å². The average molecular weight is 153 g/mol. The third-order valence-electron chi connectivity index (χ3n) is 2.12. The molecule has 0 radical (unpaired) electrons. The maximum Gasteiger partial charge on any atom is 0.00891 e. The highest BCUT2D eigenvalue weighted by molar-refractivity contribution is 4.85. The predicted molar refractivity (Wildman–Crippen MR) is 50.4 cm³/mol. The van der Waals surface area contributed by atoms with Crippen LogP contribution in [0, 0.1) is 18.3 Å². The zero-order valence-corrected chi connectivity index (χ0v) is 7.85. The summed E-state index contributed by atoms with van der Waals surface area (Å²) in [6.45, 7) is 7.63. The van der Waals surface area contributed by atoms with Crippen LogP contribution in [0.15, 0.2) is 0 Å². The standard InChI is InChI=1S/C10H19N/c1-5-7-8-9(3)10(4)11-6-2/h1,9-11H,6-8H2,2-4H3. The first kappa shape index (κ1) is 10.5. The monoisotopic (exact) mass is 153 g/mol. The Morgan fingerprint density at radius 1 is 1.45 bits per heavy atom. The Balaban J connectivity index is 3.47. The minimum Gasteiger partial charge on any atom is -0.314 e. The quantitative estimate of drug-likeness (QED) is 0.596. The van der Waals surface area contributed by atoms with Crippen LogP contribution in [0.3, 0.4) is 0 Å². The van der Waals surface area contributed by atoms with Crippen molar-refractivity contribution in [3.8, 4) is 12.3 Å². The van der Waals surface area contributed by atoms with Gasteiger partial charge < -0.3 is 5.32 Å². The van der Waals surface area contributed by atoms with Gasteiger partial charge in [0, 0.05) is 12.5 Å². The molecular formula is C10H19N. The van der Waals surface area contributed by atoms with Crippen molar-refractivity contribution >= 4 is 0 Å². The zero-order valence-electron chi connectivity index (χ0n) is 7.85. The summed E-state index contributed by atoms with van der Waals surface area (Å²) in [6.07, 6.45) is 7.21. The number of rotatable bonds is 5. The van der Waals surface area contributed by atoms with Gasteiger partial charge in [0.2, 0.25) is 0 Å². The molecule has 0 bridgehead atoms. The highest BCUT2D eigenvalue weighted by atomic mass is 14.9. The predicted octanol–water partition coefficient (Wildman–Crippen LogP) is 2.03. The largest absolute Gasteiger partial charge is 0.314 e. The van der Waals surface area contributed by atoms with Crippen LogP contribution in [0.2, 0.25) is 0 Å². The van der Waals surface area contributed by atoms with E-state index in [4.69, 9.17) is 6.42 Å². The Hall–Kier alpha value is -0.480. The third kappa shape index (κ3) is 4.86. The molecule has 0 aromatic heterocycles. The molecule has 0 heterocycles. The molecule has 0 saturated heterocycles. The zero-order chi connectivity index (χ0) is 8.69. The highest BCUT2D eigenvalue weighted by Gasteiger charge is 2.08. The molecule has 0 aromatic carbocycles. The first-order chi connectivity index (χ1) is 5.22. The Morgan fingerprint density at radius 2 is 2.09 bits per heavy atom. The Labute approximate surface area is 70.6 Å². The van der Waals surface area contributed by atoms with Gasteiger partial charge in [-0.1, -0.05) is 13.8 Å². The van der Waals surface area contributed by atoms with E-state index >= 15 is 0 Å². The van der Waals surface area contributed by atoms with Gasteiger partial charge in [-0.05, 0) is 25.8 Å². The fraction of sp³-hybridized carbons (Fsp3) is 0.800. The molecule has 0 rings (SSSR count). The van der Waals surface area contributed by atoms with Crippen molar-refractivity contribution in [2.75, 3.05) is 6.54 Å². The molecule has 0 aliphatic rings. The maximum atomic E-state index is 5.18. The first-order valence-corrected chi connectivity index (χ1v) is 4.39. The van der Waals surface area contributed by atoms with E-state index in [0.717, 1.165) is 19.4 Å². The Morgan fingerprint density at radius 3 is 2.55 bits per heavy atom. The van der Waals surface area contributed by atoms with Crippen molar-refractivity contribution in [2.24, 2.45) is 5.92 Å². The van der Waals surface area contributed by atoms with Crippen molar-refractivity contribution in [1.82, 2.24) is 5.32 Å². The van der Waals surface area contributed by atoms with Crippen LogP contribution in [0.25, 0.3) is 0 Å². The molecule has 1 heteroatoms. The number of nitrogens with one attached hydrogen (secondary N) is 1. The van der Waals surface area contributed by atoms with E-state index in [9.17, 15) is 0 Å². The number of hydrogen-bond acceptors (Lipinski definition) is 1. The van der Waals surface area contributed by atoms with Crippen LogP contribution in [0.5, 0.6) is 0 Å². The van der Waals surface area contributed by atoms with Crippen LogP contribution in [0.4, 0.5) is 0 Å². The van der Waals surface area contributed by atoms with Crippen molar-refractivity contribution < 1.29 is 0 Å². The topological polar surface area (TPSA) is 12.0 Å². The summed E-state index contributed by atoms with van der Waals surface area (Å²) in [5.41, 5.74) is 0. The van der Waals surface area contributed by atoms with Gasteiger partial charge in [-0.2, -0.15) is 0 Å². The van der Waals surface area contributed by atoms with Gasteiger partial charge in [0.1, 0.15) is 0 Å². The van der Waals surface area contributed by atoms with Crippen LogP contribution < -0.4 is 5.32 Å². The van der Waals surface area contributed by atoms with E-state index in [1.807, 2.05) is 0 Å². The van der Waals surface area contributed by atoms with E-state index in [0.29, 0.717) is 12.0 Å². The van der Waals surface area contributed by atoms with E-state index in [1.165, 1.54) is 0 Å². The highest BCUT2D eigenvalue weighted by Crippen LogP contribution is 2.09. The van der Waals surface area contributed by atoms with Crippen LogP contribution >= 0.6 is 0 Å². The van der Waals surface area contributed by atoms with Gasteiger partial charge in [0.15, 0.2) is 0 Å². The second-order valence-electron chi connectivity index (χ2n) is 3.07. The lowest BCUT2D eigenvalue weighted by atomic mass is 9.98. The summed E-state index contributed by atoms with van der Waals surface area (Å²) in [7, 11) is 0. The van der Waals surface area contributed by atoms with Gasteiger partial charge >= 0.3 is 0 Å². The SMILES string of the molecule is C#CCCC(C)C(C)NCC. The molecule has 0 spiro atoms. The van der Waals surface area contributed by atoms with Gasteiger partial charge in [0.25, 0.3) is 0 Å². The molecule has 1 nitrogen and oxygen atoms in total. The summed E-state index contributed by atoms with van der Waals surface area (Å²) in [5, 5.41) is 3.39. The van der Waals surface area contributed by atoms with E-state index < -0.39 is 0 Å². The molecule has 0 saturated carbocycles. The lowest BCUT2D eigenvalue weighted by Crippen LogP contribution is -2.31. The second kappa shape index (κ2) is 6.24. The Bertz CT molecular complexity index is 123. The second-order valence-corrected chi connectivity index (χ2v) is 3.07. The fourth-order valence-corrected chi connectivity index (χ4v) is 1.08. The molecule has 2 unspecified atom stereocenters. The molecule has 0 aliphatic carbocycles. The Kier molecular flexibility index (Phi) is 5.97. The smallest absolute Gasteiger partial charge is 0.00891 e. The third-order valence-corrected chi connectivity index (χ3v) is 2.12. The molecule has 0 fully saturated rings. The molecule has 0 amide bonds. The van der Waals surface area contributed by atoms with Crippen LogP contribution in [-0.4, -0.2) is 12.6 Å². The maximum absolute atomic E-state index is 5.18. The normalized spacial score (nSPS) is 15.5. The summed E-state index contributed by atoms with van der Waals surface area (Å²) in [5.74, 6) is 3.35. The van der Waals surface area contributed by atoms with Crippen molar-refractivity contribution in [3.05, 3.63) is 0 Å². The van der Waals surface area contributed by atoms with Gasteiger partial charge in [-0.3, -0.25) is 0 Å². The molecule has 1 N–H and O–H groups in total. The van der Waals surface area contributed by atoms with Gasteiger partial charge in [0.05, 0.1) is 0 Å². The molecule has 0 aliphatic heterocycles. The summed E-state index contributed by atoms with van der Waals surface area (Å²) in [4.78, 5) is 0. The van der Waals surface area contributed by atoms with Crippen molar-refractivity contribution in [3.63, 3.8) is 0 Å². The van der Waals surface area contributed by atoms with Crippen LogP contribution in [0.1, 0.15) is 33.6 Å². The van der Waals surface area contributed by atoms with Gasteiger partial charge in [-0.15, -0.1) is 12.3 Å². The van der Waals surface area contributed by atoms with Crippen molar-refractivity contribution in [2.45, 2.75) is 39.7 Å². The minimum absolute atomic E-state index is 0.591. The number of terminal acetylenes is 1. The first-order valence-electron chi connectivity index (χ1n) is 4.39. The average Bonchev–Trinajstić information content (AvgIpc) is 2.00. The molecule has 0 aromatic rings. The summed E-state index contributed by atoms with van der Waals surface area (Å²) >= 11 is 0. The van der Waals surface area contributed by atoms with Gasteiger partial charge in [-0.25, -0.2) is 0 Å². The molecule has 64 valence electrons. The summed E-state index contributed by atoms with van der Waals surface area (Å²) in [6, 6.07) is 0.591. The van der Waals surface area contributed by atoms with E-state index in [-0.39, 0.29) is 0 Å². The lowest BCUT2D eigenvalue weighted by molar-refractivity contribution is 0.390. The molecule has 11 heavy (non-hydrogen) atoms. The minimum atomic E-state index is 0.591. The van der Waals surface area contributed by atoms with E-state index in [1.54, 1.807) is 0 Å². The lowest BCUT2D eigenvalue weighted by Gasteiger charge is -2.19. The molecule has 2 atom stereocenters.